The summed E-state index contributed by atoms with van der Waals surface area (Å²) in [6, 6.07) is -0.160. The minimum Gasteiger partial charge on any atom is -0.325 e. The van der Waals surface area contributed by atoms with Crippen molar-refractivity contribution in [3.05, 3.63) is 11.1 Å². The number of rotatable bonds is 2. The van der Waals surface area contributed by atoms with E-state index in [1.54, 1.807) is 18.7 Å². The van der Waals surface area contributed by atoms with Gasteiger partial charge in [-0.15, -0.1) is 11.3 Å². The first kappa shape index (κ1) is 13.0. The fourth-order valence-corrected chi connectivity index (χ4v) is 2.77. The monoisotopic (exact) mass is 268 g/mol. The maximum atomic E-state index is 11.8. The van der Waals surface area contributed by atoms with Crippen molar-refractivity contribution in [1.82, 2.24) is 10.3 Å². The average molecular weight is 268 g/mol. The molecule has 1 atom stereocenters. The van der Waals surface area contributed by atoms with Crippen LogP contribution in [0, 0.1) is 0 Å². The van der Waals surface area contributed by atoms with Crippen LogP contribution in [0.5, 0.6) is 0 Å². The Morgan fingerprint density at radius 3 is 2.78 bits per heavy atom. The van der Waals surface area contributed by atoms with Gasteiger partial charge in [0.15, 0.2) is 5.13 Å². The Morgan fingerprint density at radius 1 is 1.56 bits per heavy atom. The van der Waals surface area contributed by atoms with Crippen molar-refractivity contribution >= 4 is 28.3 Å². The van der Waals surface area contributed by atoms with Crippen LogP contribution >= 0.6 is 11.3 Å². The molecule has 0 saturated carbocycles. The molecule has 1 saturated heterocycles. The number of carbonyl (C=O) groups is 2. The van der Waals surface area contributed by atoms with Gasteiger partial charge in [-0.3, -0.25) is 14.9 Å². The second-order valence-electron chi connectivity index (χ2n) is 4.87. The van der Waals surface area contributed by atoms with Gasteiger partial charge in [-0.05, 0) is 20.8 Å². The quantitative estimate of drug-likeness (QED) is 0.758. The van der Waals surface area contributed by atoms with Crippen molar-refractivity contribution < 1.29 is 9.59 Å². The lowest BCUT2D eigenvalue weighted by molar-refractivity contribution is -0.135. The third kappa shape index (κ3) is 2.11. The van der Waals surface area contributed by atoms with Crippen LogP contribution in [-0.2, 0) is 9.59 Å². The van der Waals surface area contributed by atoms with Gasteiger partial charge in [-0.1, -0.05) is 0 Å². The smallest absolute Gasteiger partial charge is 0.251 e. The summed E-state index contributed by atoms with van der Waals surface area (Å²) < 4.78 is 0. The van der Waals surface area contributed by atoms with E-state index < -0.39 is 5.54 Å². The predicted octanol–water partition coefficient (Wildman–Crippen LogP) is 0.404. The summed E-state index contributed by atoms with van der Waals surface area (Å²) in [6.45, 7) is 5.51. The lowest BCUT2D eigenvalue weighted by atomic mass is 10.00. The Labute approximate surface area is 109 Å². The summed E-state index contributed by atoms with van der Waals surface area (Å²) in [4.78, 5) is 29.4. The van der Waals surface area contributed by atoms with E-state index in [-0.39, 0.29) is 24.4 Å². The van der Waals surface area contributed by atoms with E-state index in [9.17, 15) is 9.59 Å². The van der Waals surface area contributed by atoms with E-state index in [1.807, 2.05) is 12.3 Å². The van der Waals surface area contributed by atoms with Crippen molar-refractivity contribution in [2.45, 2.75) is 32.4 Å². The molecule has 1 aliphatic heterocycles. The molecule has 1 aliphatic rings. The molecule has 0 spiro atoms. The highest BCUT2D eigenvalue weighted by molar-refractivity contribution is 7.13. The summed E-state index contributed by atoms with van der Waals surface area (Å²) in [7, 11) is 0. The van der Waals surface area contributed by atoms with Crippen LogP contribution in [0.1, 0.15) is 32.5 Å². The van der Waals surface area contributed by atoms with Gasteiger partial charge in [0.2, 0.25) is 5.91 Å². The van der Waals surface area contributed by atoms with E-state index in [2.05, 4.69) is 10.3 Å². The first-order valence-electron chi connectivity index (χ1n) is 5.65. The minimum atomic E-state index is -0.791. The number of nitrogens with one attached hydrogen (secondary N) is 1. The number of hydrogen-bond acceptors (Lipinski definition) is 6. The molecule has 6 nitrogen and oxygen atoms in total. The summed E-state index contributed by atoms with van der Waals surface area (Å²) in [6.07, 6.45) is 0. The molecule has 2 amide bonds. The van der Waals surface area contributed by atoms with Crippen LogP contribution in [0.2, 0.25) is 0 Å². The fourth-order valence-electron chi connectivity index (χ4n) is 1.70. The highest BCUT2D eigenvalue weighted by atomic mass is 32.1. The van der Waals surface area contributed by atoms with Crippen LogP contribution < -0.4 is 16.0 Å². The van der Waals surface area contributed by atoms with Crippen molar-refractivity contribution in [2.75, 3.05) is 11.4 Å². The number of aromatic nitrogens is 1. The van der Waals surface area contributed by atoms with Crippen LogP contribution in [0.4, 0.5) is 5.13 Å². The molecule has 18 heavy (non-hydrogen) atoms. The second kappa shape index (κ2) is 4.33. The molecule has 7 heteroatoms. The molecular weight excluding hydrogens is 252 g/mol. The Morgan fingerprint density at radius 2 is 2.22 bits per heavy atom. The highest BCUT2D eigenvalue weighted by Gasteiger charge is 2.42. The third-order valence-electron chi connectivity index (χ3n) is 2.99. The second-order valence-corrected chi connectivity index (χ2v) is 5.70. The number of nitrogens with two attached hydrogens (primary N) is 1. The fraction of sp³-hybridized carbons (Fsp3) is 0.545. The zero-order valence-corrected chi connectivity index (χ0v) is 11.4. The molecule has 1 unspecified atom stereocenters. The van der Waals surface area contributed by atoms with E-state index in [1.165, 1.54) is 11.3 Å². The molecule has 2 heterocycles. The maximum Gasteiger partial charge on any atom is 0.251 e. The zero-order valence-electron chi connectivity index (χ0n) is 10.6. The third-order valence-corrected chi connectivity index (χ3v) is 3.87. The molecular formula is C11H16N4O2S. The number of carbonyl (C=O) groups excluding carboxylic acids is 2. The van der Waals surface area contributed by atoms with Crippen LogP contribution in [-0.4, -0.2) is 28.9 Å². The zero-order chi connectivity index (χ0) is 13.5. The van der Waals surface area contributed by atoms with Crippen LogP contribution in [0.3, 0.4) is 0 Å². The number of thiazole rings is 1. The average Bonchev–Trinajstić information content (AvgIpc) is 2.72. The molecule has 1 fully saturated rings. The largest absolute Gasteiger partial charge is 0.325 e. The van der Waals surface area contributed by atoms with Crippen molar-refractivity contribution in [3.63, 3.8) is 0 Å². The number of hydrogen-bond donors (Lipinski definition) is 2. The number of nitrogens with zero attached hydrogens (tertiary/aromatic N) is 2. The van der Waals surface area contributed by atoms with Gasteiger partial charge < -0.3 is 10.6 Å². The number of piperazine rings is 1. The lowest BCUT2D eigenvalue weighted by Crippen LogP contribution is -2.64. The van der Waals surface area contributed by atoms with Crippen LogP contribution in [0.25, 0.3) is 0 Å². The molecule has 0 radical (unpaired) electrons. The first-order chi connectivity index (χ1) is 8.32. The standard InChI is InChI=1S/C11H16N4O2S/c1-6(12)7-5-18-10(13-7)15-4-8(16)14-9(17)11(15,2)3/h5-6H,4,12H2,1-3H3,(H,14,16,17). The van der Waals surface area contributed by atoms with Gasteiger partial charge in [-0.25, -0.2) is 4.98 Å². The first-order valence-corrected chi connectivity index (χ1v) is 6.53. The molecule has 3 N–H and O–H groups in total. The molecule has 2 rings (SSSR count). The Balaban J connectivity index is 2.34. The number of imide groups is 1. The molecule has 0 bridgehead atoms. The topological polar surface area (TPSA) is 88.3 Å². The maximum absolute atomic E-state index is 11.8. The minimum absolute atomic E-state index is 0.130. The molecule has 98 valence electrons. The lowest BCUT2D eigenvalue weighted by Gasteiger charge is -2.39. The van der Waals surface area contributed by atoms with Gasteiger partial charge in [-0.2, -0.15) is 0 Å². The van der Waals surface area contributed by atoms with Crippen molar-refractivity contribution in [1.29, 1.82) is 0 Å². The van der Waals surface area contributed by atoms with Gasteiger partial charge in [0.05, 0.1) is 5.69 Å². The highest BCUT2D eigenvalue weighted by Crippen LogP contribution is 2.30. The summed E-state index contributed by atoms with van der Waals surface area (Å²) in [5, 5.41) is 4.83. The van der Waals surface area contributed by atoms with Crippen molar-refractivity contribution in [3.8, 4) is 0 Å². The predicted molar refractivity (Wildman–Crippen MR) is 69.3 cm³/mol. The van der Waals surface area contributed by atoms with E-state index in [0.717, 1.165) is 5.69 Å². The molecule has 0 aromatic carbocycles. The van der Waals surface area contributed by atoms with Crippen LogP contribution in [0.15, 0.2) is 5.38 Å². The molecule has 1 aromatic rings. The summed E-state index contributed by atoms with van der Waals surface area (Å²) in [5.74, 6) is -0.617. The Kier molecular flexibility index (Phi) is 3.12. The summed E-state index contributed by atoms with van der Waals surface area (Å²) in [5.41, 5.74) is 5.74. The SMILES string of the molecule is CC(N)c1csc(N2CC(=O)NC(=O)C2(C)C)n1. The van der Waals surface area contributed by atoms with Gasteiger partial charge in [0, 0.05) is 11.4 Å². The van der Waals surface area contributed by atoms with Crippen molar-refractivity contribution in [2.24, 2.45) is 5.73 Å². The Bertz CT molecular complexity index is 495. The molecule has 1 aromatic heterocycles. The van der Waals surface area contributed by atoms with E-state index in [0.29, 0.717) is 5.13 Å². The normalized spacial score (nSPS) is 20.8. The number of amides is 2. The molecule has 0 aliphatic carbocycles. The van der Waals surface area contributed by atoms with E-state index in [4.69, 9.17) is 5.73 Å². The number of anilines is 1. The summed E-state index contributed by atoms with van der Waals surface area (Å²) >= 11 is 1.39. The van der Waals surface area contributed by atoms with Gasteiger partial charge >= 0.3 is 0 Å². The van der Waals surface area contributed by atoms with Gasteiger partial charge in [0.25, 0.3) is 5.91 Å². The van der Waals surface area contributed by atoms with E-state index >= 15 is 0 Å². The van der Waals surface area contributed by atoms with Gasteiger partial charge in [0.1, 0.15) is 12.1 Å². The Hall–Kier alpha value is -1.47.